The Kier molecular flexibility index (Phi) is 30.4. The van der Waals surface area contributed by atoms with Crippen LogP contribution in [0.5, 0.6) is 0 Å². The summed E-state index contributed by atoms with van der Waals surface area (Å²) in [6, 6.07) is -1.81. The number of likely N-dealkylation sites (tertiary alicyclic amines) is 1. The second kappa shape index (κ2) is 34.9. The number of carbonyl (C=O) groups is 8. The van der Waals surface area contributed by atoms with E-state index in [9.17, 15) is 43.5 Å². The molecule has 0 spiro atoms. The number of ether oxygens (including phenoxy) is 2. The summed E-state index contributed by atoms with van der Waals surface area (Å²) < 4.78 is 10.8. The maximum absolute atomic E-state index is 12.8. The number of nitrogens with one attached hydrogen (secondary N) is 4. The van der Waals surface area contributed by atoms with E-state index >= 15 is 0 Å². The van der Waals surface area contributed by atoms with Crippen molar-refractivity contribution in [2.24, 2.45) is 11.7 Å². The molecule has 8 N–H and O–H groups in total. The second-order valence-corrected chi connectivity index (χ2v) is 17.9. The molecule has 0 radical (unpaired) electrons. The maximum Gasteiger partial charge on any atom is 0.306 e. The first-order chi connectivity index (χ1) is 31.3. The third-order valence-corrected chi connectivity index (χ3v) is 12.4. The first-order valence-corrected chi connectivity index (χ1v) is 24.5. The Bertz CT molecular complexity index is 1590. The molecule has 2 rings (SSSR count). The van der Waals surface area contributed by atoms with Crippen molar-refractivity contribution in [3.63, 3.8) is 0 Å². The summed E-state index contributed by atoms with van der Waals surface area (Å²) in [7, 11) is 0. The number of nitrogens with two attached hydrogens (primary N) is 1. The molecule has 370 valence electrons. The number of ketones is 1. The molecule has 1 unspecified atom stereocenters. The van der Waals surface area contributed by atoms with Gasteiger partial charge in [-0.05, 0) is 38.4 Å². The maximum atomic E-state index is 12.8. The largest absolute Gasteiger partial charge is 0.481 e. The molecule has 1 aromatic rings. The summed E-state index contributed by atoms with van der Waals surface area (Å²) in [5.41, 5.74) is 6.58. The van der Waals surface area contributed by atoms with Crippen LogP contribution >= 0.6 is 11.8 Å². The van der Waals surface area contributed by atoms with E-state index in [-0.39, 0.29) is 108 Å². The highest BCUT2D eigenvalue weighted by Crippen LogP contribution is 2.26. The normalized spacial score (nSPS) is 15.1. The van der Waals surface area contributed by atoms with Gasteiger partial charge in [0.25, 0.3) is 0 Å². The van der Waals surface area contributed by atoms with Crippen molar-refractivity contribution in [1.82, 2.24) is 30.8 Å². The number of Topliss-reactive ketones (excluding diaryl/α,β-unsaturated/α-hetero) is 1. The van der Waals surface area contributed by atoms with Gasteiger partial charge in [-0.2, -0.15) is 0 Å². The number of amides is 5. The van der Waals surface area contributed by atoms with Gasteiger partial charge in [-0.3, -0.25) is 43.3 Å². The number of hydrogen-bond acceptors (Lipinski definition) is 13. The third-order valence-electron chi connectivity index (χ3n) is 11.1. The lowest BCUT2D eigenvalue weighted by Gasteiger charge is -2.18. The number of imide groups is 1. The zero-order valence-corrected chi connectivity index (χ0v) is 39.1. The van der Waals surface area contributed by atoms with Crippen molar-refractivity contribution in [2.45, 2.75) is 159 Å². The van der Waals surface area contributed by atoms with Crippen molar-refractivity contribution < 1.29 is 59.5 Å². The summed E-state index contributed by atoms with van der Waals surface area (Å²) >= 11 is 1.53. The number of aliphatic carboxylic acids is 2. The molecule has 65 heavy (non-hydrogen) atoms. The number of aromatic amines is 1. The van der Waals surface area contributed by atoms with E-state index in [0.29, 0.717) is 25.1 Å². The van der Waals surface area contributed by atoms with Crippen LogP contribution in [0.3, 0.4) is 0 Å². The minimum absolute atomic E-state index is 0. The predicted molar refractivity (Wildman–Crippen MR) is 247 cm³/mol. The quantitative estimate of drug-likeness (QED) is 0.0362. The number of carboxylic acids is 2. The van der Waals surface area contributed by atoms with Crippen molar-refractivity contribution in [2.75, 3.05) is 51.8 Å². The van der Waals surface area contributed by atoms with E-state index in [4.69, 9.17) is 20.3 Å². The third kappa shape index (κ3) is 27.0. The monoisotopic (exact) mass is 940 g/mol. The van der Waals surface area contributed by atoms with Gasteiger partial charge in [-0.1, -0.05) is 77.0 Å². The van der Waals surface area contributed by atoms with Crippen LogP contribution in [-0.2, 0) is 54.3 Å². The highest BCUT2D eigenvalue weighted by Gasteiger charge is 2.38. The van der Waals surface area contributed by atoms with Gasteiger partial charge >= 0.3 is 11.9 Å². The molecule has 19 nitrogen and oxygen atoms in total. The summed E-state index contributed by atoms with van der Waals surface area (Å²) in [5.74, 6) is -4.00. The summed E-state index contributed by atoms with van der Waals surface area (Å²) in [6.45, 7) is 2.40. The van der Waals surface area contributed by atoms with Gasteiger partial charge in [0.2, 0.25) is 29.5 Å². The lowest BCUT2D eigenvalue weighted by molar-refractivity contribution is -0.144. The Balaban J connectivity index is 0.0000218. The molecule has 0 aromatic carbocycles. The summed E-state index contributed by atoms with van der Waals surface area (Å²) in [6.07, 6.45) is 19.3. The van der Waals surface area contributed by atoms with Gasteiger partial charge in [0.15, 0.2) is 5.78 Å². The highest BCUT2D eigenvalue weighted by atomic mass is 32.2. The smallest absolute Gasteiger partial charge is 0.306 e. The molecule has 4 atom stereocenters. The average Bonchev–Trinajstić information content (AvgIpc) is 3.88. The van der Waals surface area contributed by atoms with E-state index in [1.807, 2.05) is 0 Å². The number of imidazole rings is 1. The minimum atomic E-state index is -1.12. The molecule has 0 saturated carbocycles. The van der Waals surface area contributed by atoms with Gasteiger partial charge in [0.1, 0.15) is 6.61 Å². The molecular formula is C45H77N7O12S. The predicted octanol–water partition coefficient (Wildman–Crippen LogP) is 3.92. The van der Waals surface area contributed by atoms with Crippen LogP contribution in [0.25, 0.3) is 0 Å². The fourth-order valence-electron chi connectivity index (χ4n) is 7.17. The minimum Gasteiger partial charge on any atom is -0.481 e. The van der Waals surface area contributed by atoms with Gasteiger partial charge in [-0.25, -0.2) is 4.98 Å². The number of H-pyrrole nitrogens is 1. The fraction of sp³-hybridized carbons (Fsp3) is 0.756. The second-order valence-electron chi connectivity index (χ2n) is 16.6. The Morgan fingerprint density at radius 1 is 0.846 bits per heavy atom. The van der Waals surface area contributed by atoms with Gasteiger partial charge in [-0.15, -0.1) is 11.8 Å². The number of nitrogens with zero attached hydrogens (tertiary/aromatic N) is 2. The Morgan fingerprint density at radius 3 is 2.11 bits per heavy atom. The fourth-order valence-corrected chi connectivity index (χ4v) is 8.35. The summed E-state index contributed by atoms with van der Waals surface area (Å²) in [4.78, 5) is 105. The van der Waals surface area contributed by atoms with E-state index in [1.54, 1.807) is 6.20 Å². The van der Waals surface area contributed by atoms with Crippen LogP contribution in [0.4, 0.5) is 0 Å². The molecule has 1 aliphatic heterocycles. The lowest BCUT2D eigenvalue weighted by Crippen LogP contribution is -2.48. The van der Waals surface area contributed by atoms with E-state index in [1.165, 1.54) is 74.9 Å². The molecule has 1 aliphatic rings. The molecule has 20 heteroatoms. The van der Waals surface area contributed by atoms with Crippen LogP contribution in [-0.4, -0.2) is 141 Å². The molecule has 1 aromatic heterocycles. The van der Waals surface area contributed by atoms with Crippen molar-refractivity contribution in [3.05, 3.63) is 18.2 Å². The average molecular weight is 940 g/mol. The number of rotatable bonds is 41. The molecule has 5 amide bonds. The van der Waals surface area contributed by atoms with Crippen LogP contribution in [0.1, 0.15) is 142 Å². The van der Waals surface area contributed by atoms with Crippen molar-refractivity contribution >= 4 is 59.0 Å². The zero-order chi connectivity index (χ0) is 47.7. The zero-order valence-electron chi connectivity index (χ0n) is 38.3. The SMILES string of the molecule is C[C@@H](NC(=O)[C@@H](N)Cc1cnc[nH]1)C(=O)C[C@@H](CCCCNC(=O)COCCOCCNC(=O)CCN1C(=O)CC(SCCCCCCCCCCCCCCCC(=O)O)C1=O)C(=O)O.[HH]. The lowest BCUT2D eigenvalue weighted by atomic mass is 9.94. The Hall–Kier alpha value is -4.40. The van der Waals surface area contributed by atoms with E-state index in [2.05, 4.69) is 25.9 Å². The number of thioether (sulfide) groups is 1. The number of hydrogen-bond donors (Lipinski definition) is 7. The van der Waals surface area contributed by atoms with Crippen molar-refractivity contribution in [1.29, 1.82) is 0 Å². The number of aromatic nitrogens is 2. The molecule has 0 bridgehead atoms. The Morgan fingerprint density at radius 2 is 1.48 bits per heavy atom. The highest BCUT2D eigenvalue weighted by molar-refractivity contribution is 8.00. The van der Waals surface area contributed by atoms with E-state index < -0.39 is 41.6 Å². The van der Waals surface area contributed by atoms with Crippen LogP contribution in [0.15, 0.2) is 12.5 Å². The number of carboxylic acid groups (broad SMARTS) is 2. The van der Waals surface area contributed by atoms with Crippen LogP contribution < -0.4 is 21.7 Å². The molecule has 1 saturated heterocycles. The van der Waals surface area contributed by atoms with Crippen molar-refractivity contribution in [3.8, 4) is 0 Å². The first kappa shape index (κ1) is 56.7. The topological polar surface area (TPSA) is 290 Å². The van der Waals surface area contributed by atoms with Gasteiger partial charge < -0.3 is 46.4 Å². The Labute approximate surface area is 389 Å². The molecule has 0 aliphatic carbocycles. The van der Waals surface area contributed by atoms with Crippen LogP contribution in [0.2, 0.25) is 0 Å². The first-order valence-electron chi connectivity index (χ1n) is 23.4. The van der Waals surface area contributed by atoms with Gasteiger partial charge in [0, 0.05) is 65.1 Å². The molecule has 1 fully saturated rings. The van der Waals surface area contributed by atoms with E-state index in [0.717, 1.165) is 44.3 Å². The standard InChI is InChI=1S/C45H75N7O12S.H2/c1-33(51-43(59)36(46)28-35-30-47-32-50-35)37(53)27-34(45(61)62)17-14-15-20-48-40(55)31-64-25-24-63-23-21-49-39(54)19-22-52-41(56)29-38(44(52)60)65-26-16-12-10-8-6-4-2-3-5-7-9-11-13-18-42(57)58;/h30,32-34,36,38H,2-29,31,46H2,1H3,(H,47,50)(H,48,55)(H,49,54)(H,51,59)(H,57,58)(H,61,62);1H/t33-,34-,36+,38?;/m1./s1. The number of carbonyl (C=O) groups excluding carboxylic acids is 6. The van der Waals surface area contributed by atoms with Gasteiger partial charge in [0.05, 0.1) is 49.4 Å². The van der Waals surface area contributed by atoms with Crippen LogP contribution in [0, 0.1) is 5.92 Å². The number of unbranched alkanes of at least 4 members (excludes halogenated alkanes) is 13. The summed E-state index contributed by atoms with van der Waals surface area (Å²) in [5, 5.41) is 25.9. The molecule has 2 heterocycles. The molecular weight excluding hydrogens is 863 g/mol.